The Labute approximate surface area is 172 Å². The van der Waals surface area contributed by atoms with Gasteiger partial charge >= 0.3 is 0 Å². The van der Waals surface area contributed by atoms with Gasteiger partial charge in [0.1, 0.15) is 5.82 Å². The zero-order valence-corrected chi connectivity index (χ0v) is 16.8. The van der Waals surface area contributed by atoms with Gasteiger partial charge in [-0.15, -0.1) is 10.2 Å². The molecule has 1 saturated carbocycles. The number of benzene rings is 2. The lowest BCUT2D eigenvalue weighted by molar-refractivity contribution is -0.114. The van der Waals surface area contributed by atoms with Crippen molar-refractivity contribution in [2.24, 2.45) is 0 Å². The molecule has 1 aliphatic rings. The van der Waals surface area contributed by atoms with Gasteiger partial charge in [0.2, 0.25) is 5.91 Å². The summed E-state index contributed by atoms with van der Waals surface area (Å²) in [6.45, 7) is 1.83. The molecular formula is C21H21FN4O2S. The Balaban J connectivity index is 1.50. The highest BCUT2D eigenvalue weighted by Gasteiger charge is 2.31. The maximum absolute atomic E-state index is 13.7. The second-order valence-corrected chi connectivity index (χ2v) is 7.87. The summed E-state index contributed by atoms with van der Waals surface area (Å²) < 4.78 is 21.2. The molecule has 0 aliphatic heterocycles. The maximum atomic E-state index is 13.7. The molecule has 2 aromatic carbocycles. The van der Waals surface area contributed by atoms with Crippen LogP contribution in [0.3, 0.4) is 0 Å². The van der Waals surface area contributed by atoms with Crippen LogP contribution >= 0.6 is 11.8 Å². The molecule has 1 aliphatic carbocycles. The molecule has 1 heterocycles. The van der Waals surface area contributed by atoms with Gasteiger partial charge in [0.25, 0.3) is 0 Å². The van der Waals surface area contributed by atoms with E-state index < -0.39 is 0 Å². The van der Waals surface area contributed by atoms with Crippen LogP contribution in [0.2, 0.25) is 0 Å². The summed E-state index contributed by atoms with van der Waals surface area (Å²) >= 11 is 1.51. The van der Waals surface area contributed by atoms with Gasteiger partial charge < -0.3 is 10.1 Å². The molecule has 0 saturated heterocycles. The Morgan fingerprint density at radius 1 is 1.24 bits per heavy atom. The van der Waals surface area contributed by atoms with Crippen LogP contribution in [0.1, 0.15) is 31.5 Å². The second kappa shape index (κ2) is 8.65. The van der Waals surface area contributed by atoms with Gasteiger partial charge in [0, 0.05) is 24.3 Å². The van der Waals surface area contributed by atoms with E-state index in [1.807, 2.05) is 28.8 Å². The van der Waals surface area contributed by atoms with Crippen molar-refractivity contribution in [3.63, 3.8) is 0 Å². The van der Waals surface area contributed by atoms with Gasteiger partial charge in [-0.1, -0.05) is 30.0 Å². The number of thioether (sulfide) groups is 1. The van der Waals surface area contributed by atoms with Crippen LogP contribution in [0.4, 0.5) is 10.1 Å². The number of carbonyl (C=O) groups excluding carboxylic acids is 1. The van der Waals surface area contributed by atoms with Crippen molar-refractivity contribution in [2.75, 3.05) is 17.7 Å². The van der Waals surface area contributed by atoms with Crippen LogP contribution in [0, 0.1) is 5.82 Å². The summed E-state index contributed by atoms with van der Waals surface area (Å²) in [5.41, 5.74) is 1.63. The summed E-state index contributed by atoms with van der Waals surface area (Å²) in [6.07, 6.45) is 2.20. The van der Waals surface area contributed by atoms with Gasteiger partial charge in [0.05, 0.1) is 12.3 Å². The molecule has 1 fully saturated rings. The monoisotopic (exact) mass is 412 g/mol. The lowest BCUT2D eigenvalue weighted by Gasteiger charge is -2.12. The minimum absolute atomic E-state index is 0.117. The van der Waals surface area contributed by atoms with E-state index in [0.717, 1.165) is 35.2 Å². The summed E-state index contributed by atoms with van der Waals surface area (Å²) in [6, 6.07) is 14.0. The van der Waals surface area contributed by atoms with E-state index in [-0.39, 0.29) is 17.5 Å². The first-order chi connectivity index (χ1) is 14.1. The maximum Gasteiger partial charge on any atom is 0.221 e. The predicted molar refractivity (Wildman–Crippen MR) is 110 cm³/mol. The first-order valence-electron chi connectivity index (χ1n) is 9.45. The van der Waals surface area contributed by atoms with Crippen LogP contribution in [-0.2, 0) is 4.79 Å². The lowest BCUT2D eigenvalue weighted by Crippen LogP contribution is -2.08. The number of ether oxygens (including phenoxy) is 1. The second-order valence-electron chi connectivity index (χ2n) is 6.81. The zero-order chi connectivity index (χ0) is 20.2. The summed E-state index contributed by atoms with van der Waals surface area (Å²) in [4.78, 5) is 11.4. The molecule has 3 aromatic rings. The highest BCUT2D eigenvalue weighted by molar-refractivity contribution is 7.99. The van der Waals surface area contributed by atoms with Gasteiger partial charge in [0.15, 0.2) is 16.7 Å². The molecule has 0 radical (unpaired) electrons. The third kappa shape index (κ3) is 4.76. The van der Waals surface area contributed by atoms with Gasteiger partial charge in [-0.2, -0.15) is 0 Å². The quantitative estimate of drug-likeness (QED) is 0.438. The molecule has 150 valence electrons. The Hall–Kier alpha value is -2.87. The lowest BCUT2D eigenvalue weighted by atomic mass is 10.2. The average Bonchev–Trinajstić information content (AvgIpc) is 3.46. The van der Waals surface area contributed by atoms with E-state index in [1.54, 1.807) is 18.2 Å². The van der Waals surface area contributed by atoms with Crippen molar-refractivity contribution in [3.05, 3.63) is 60.2 Å². The number of para-hydroxylation sites is 1. The van der Waals surface area contributed by atoms with Crippen LogP contribution in [0.15, 0.2) is 53.7 Å². The Morgan fingerprint density at radius 3 is 2.83 bits per heavy atom. The fraction of sp³-hybridized carbons (Fsp3) is 0.286. The number of halogens is 1. The van der Waals surface area contributed by atoms with Crippen molar-refractivity contribution in [1.82, 2.24) is 14.8 Å². The third-order valence-corrected chi connectivity index (χ3v) is 5.33. The number of carbonyl (C=O) groups is 1. The predicted octanol–water partition coefficient (Wildman–Crippen LogP) is 4.41. The van der Waals surface area contributed by atoms with Crippen molar-refractivity contribution >= 4 is 23.4 Å². The number of hydrogen-bond donors (Lipinski definition) is 1. The number of rotatable bonds is 8. The standard InChI is InChI=1S/C21H21FN4O2S/c1-14(27)23-16-5-4-6-17(13-16)26-20(15-9-10-15)24-25-21(26)29-12-11-28-19-8-3-2-7-18(19)22/h2-8,13,15H,9-12H2,1H3,(H,23,27). The highest BCUT2D eigenvalue weighted by atomic mass is 32.2. The van der Waals surface area contributed by atoms with Crippen LogP contribution in [0.5, 0.6) is 5.75 Å². The van der Waals surface area contributed by atoms with E-state index in [1.165, 1.54) is 24.8 Å². The van der Waals surface area contributed by atoms with E-state index >= 15 is 0 Å². The van der Waals surface area contributed by atoms with Crippen molar-refractivity contribution in [2.45, 2.75) is 30.8 Å². The Morgan fingerprint density at radius 2 is 2.07 bits per heavy atom. The van der Waals surface area contributed by atoms with E-state index in [2.05, 4.69) is 15.5 Å². The number of nitrogens with one attached hydrogen (secondary N) is 1. The number of amides is 1. The summed E-state index contributed by atoms with van der Waals surface area (Å²) in [7, 11) is 0. The van der Waals surface area contributed by atoms with Gasteiger partial charge in [-0.25, -0.2) is 4.39 Å². The first-order valence-corrected chi connectivity index (χ1v) is 10.4. The molecule has 8 heteroatoms. The SMILES string of the molecule is CC(=O)Nc1cccc(-n2c(SCCOc3ccccc3F)nnc2C2CC2)c1. The largest absolute Gasteiger partial charge is 0.490 e. The topological polar surface area (TPSA) is 69.0 Å². The molecule has 0 unspecified atom stereocenters. The van der Waals surface area contributed by atoms with Crippen LogP contribution in [0.25, 0.3) is 5.69 Å². The number of hydrogen-bond acceptors (Lipinski definition) is 5. The fourth-order valence-corrected chi connectivity index (χ4v) is 3.77. The van der Waals surface area contributed by atoms with E-state index in [9.17, 15) is 9.18 Å². The van der Waals surface area contributed by atoms with Crippen LogP contribution in [-0.4, -0.2) is 33.0 Å². The molecule has 29 heavy (non-hydrogen) atoms. The highest BCUT2D eigenvalue weighted by Crippen LogP contribution is 2.41. The zero-order valence-electron chi connectivity index (χ0n) is 16.0. The third-order valence-electron chi connectivity index (χ3n) is 4.43. The van der Waals surface area contributed by atoms with E-state index in [0.29, 0.717) is 18.3 Å². The minimum Gasteiger partial charge on any atom is -0.490 e. The minimum atomic E-state index is -0.369. The van der Waals surface area contributed by atoms with Gasteiger partial charge in [-0.05, 0) is 43.2 Å². The smallest absolute Gasteiger partial charge is 0.221 e. The molecule has 0 spiro atoms. The van der Waals surface area contributed by atoms with Crippen LogP contribution < -0.4 is 10.1 Å². The van der Waals surface area contributed by atoms with E-state index in [4.69, 9.17) is 4.74 Å². The Kier molecular flexibility index (Phi) is 5.80. The average molecular weight is 412 g/mol. The molecule has 0 bridgehead atoms. The molecule has 1 amide bonds. The molecular weight excluding hydrogens is 391 g/mol. The molecule has 0 atom stereocenters. The Bertz CT molecular complexity index is 1020. The fourth-order valence-electron chi connectivity index (χ4n) is 3.00. The molecule has 6 nitrogen and oxygen atoms in total. The van der Waals surface area contributed by atoms with Gasteiger partial charge in [-0.3, -0.25) is 9.36 Å². The van der Waals surface area contributed by atoms with Crippen molar-refractivity contribution < 1.29 is 13.9 Å². The molecule has 4 rings (SSSR count). The van der Waals surface area contributed by atoms with Crippen molar-refractivity contribution in [3.8, 4) is 11.4 Å². The first kappa shape index (κ1) is 19.4. The summed E-state index contributed by atoms with van der Waals surface area (Å²) in [5.74, 6) is 1.71. The molecule has 1 N–H and O–H groups in total. The number of nitrogens with zero attached hydrogens (tertiary/aromatic N) is 3. The summed E-state index contributed by atoms with van der Waals surface area (Å²) in [5, 5.41) is 12.3. The van der Waals surface area contributed by atoms with Crippen molar-refractivity contribution in [1.29, 1.82) is 0 Å². The normalized spacial score (nSPS) is 13.3. The molecule has 1 aromatic heterocycles. The number of aromatic nitrogens is 3. The number of anilines is 1.